The largest absolute Gasteiger partial charge is 0.448 e. The average molecular weight is 163 g/mol. The van der Waals surface area contributed by atoms with Gasteiger partial charge in [-0.3, -0.25) is 4.90 Å². The van der Waals surface area contributed by atoms with Gasteiger partial charge in [0.15, 0.2) is 6.23 Å². The number of hydrogen-bond donors (Lipinski definition) is 1. The van der Waals surface area contributed by atoms with Gasteiger partial charge in [-0.25, -0.2) is 0 Å². The summed E-state index contributed by atoms with van der Waals surface area (Å²) in [6, 6.07) is 3.58. The van der Waals surface area contributed by atoms with Crippen molar-refractivity contribution in [1.29, 1.82) is 0 Å². The van der Waals surface area contributed by atoms with E-state index in [4.69, 9.17) is 4.42 Å². The smallest absolute Gasteiger partial charge is 0.201 e. The van der Waals surface area contributed by atoms with Crippen molar-refractivity contribution in [3.8, 4) is 0 Å². The lowest BCUT2D eigenvalue weighted by Crippen LogP contribution is -2.29. The van der Waals surface area contributed by atoms with E-state index >= 15 is 0 Å². The molecule has 1 atom stereocenters. The molecule has 0 aliphatic carbocycles. The highest BCUT2D eigenvalue weighted by molar-refractivity contribution is 5.43. The molecule has 2 rings (SSSR count). The molecule has 0 bridgehead atoms. The summed E-state index contributed by atoms with van der Waals surface area (Å²) in [5.41, 5.74) is 0. The van der Waals surface area contributed by atoms with Crippen LogP contribution in [0.1, 0.15) is 0 Å². The van der Waals surface area contributed by atoms with Crippen molar-refractivity contribution < 1.29 is 9.52 Å². The molecular formula is C9H9NO2. The molecule has 3 heteroatoms. The molecule has 0 amide bonds. The van der Waals surface area contributed by atoms with E-state index in [-0.39, 0.29) is 0 Å². The van der Waals surface area contributed by atoms with E-state index in [1.807, 2.05) is 6.08 Å². The van der Waals surface area contributed by atoms with Crippen molar-refractivity contribution in [2.24, 2.45) is 0 Å². The van der Waals surface area contributed by atoms with Gasteiger partial charge in [0, 0.05) is 12.3 Å². The number of furan rings is 1. The van der Waals surface area contributed by atoms with Crippen molar-refractivity contribution >= 4 is 5.88 Å². The van der Waals surface area contributed by atoms with Crippen LogP contribution in [0, 0.1) is 0 Å². The molecule has 1 aliphatic rings. The molecule has 3 nitrogen and oxygen atoms in total. The van der Waals surface area contributed by atoms with Crippen molar-refractivity contribution in [3.05, 3.63) is 42.8 Å². The van der Waals surface area contributed by atoms with Crippen molar-refractivity contribution in [2.75, 3.05) is 4.90 Å². The Morgan fingerprint density at radius 3 is 3.00 bits per heavy atom. The van der Waals surface area contributed by atoms with Crippen molar-refractivity contribution in [1.82, 2.24) is 0 Å². The Hall–Kier alpha value is -1.48. The summed E-state index contributed by atoms with van der Waals surface area (Å²) in [5.74, 6) is 0.642. The predicted molar refractivity (Wildman–Crippen MR) is 45.5 cm³/mol. The minimum Gasteiger partial charge on any atom is -0.448 e. The first-order valence-corrected chi connectivity index (χ1v) is 3.73. The zero-order valence-electron chi connectivity index (χ0n) is 6.42. The lowest BCUT2D eigenvalue weighted by molar-refractivity contribution is 0.221. The quantitative estimate of drug-likeness (QED) is 0.681. The summed E-state index contributed by atoms with van der Waals surface area (Å²) in [5, 5.41) is 9.47. The molecule has 1 N–H and O–H groups in total. The SMILES string of the molecule is OC1C=CC=CN1c1ccco1. The summed E-state index contributed by atoms with van der Waals surface area (Å²) >= 11 is 0. The van der Waals surface area contributed by atoms with Gasteiger partial charge in [-0.2, -0.15) is 0 Å². The van der Waals surface area contributed by atoms with E-state index in [9.17, 15) is 5.11 Å². The zero-order valence-corrected chi connectivity index (χ0v) is 6.42. The number of nitrogens with zero attached hydrogens (tertiary/aromatic N) is 1. The molecule has 1 aromatic rings. The number of rotatable bonds is 1. The number of aliphatic hydroxyl groups is 1. The summed E-state index contributed by atoms with van der Waals surface area (Å²) in [6.45, 7) is 0. The van der Waals surface area contributed by atoms with Crippen LogP contribution >= 0.6 is 0 Å². The second-order valence-corrected chi connectivity index (χ2v) is 2.50. The lowest BCUT2D eigenvalue weighted by atomic mass is 10.3. The van der Waals surface area contributed by atoms with E-state index in [0.717, 1.165) is 0 Å². The van der Waals surface area contributed by atoms with Gasteiger partial charge in [0.25, 0.3) is 0 Å². The Morgan fingerprint density at radius 1 is 1.42 bits per heavy atom. The van der Waals surface area contributed by atoms with Crippen LogP contribution in [0.2, 0.25) is 0 Å². The Balaban J connectivity index is 2.25. The van der Waals surface area contributed by atoms with Crippen LogP contribution in [0.4, 0.5) is 5.88 Å². The molecule has 1 unspecified atom stereocenters. The summed E-state index contributed by atoms with van der Waals surface area (Å²) < 4.78 is 5.12. The Labute approximate surface area is 70.2 Å². The van der Waals surface area contributed by atoms with Gasteiger partial charge in [0.2, 0.25) is 5.88 Å². The van der Waals surface area contributed by atoms with E-state index in [0.29, 0.717) is 5.88 Å². The Morgan fingerprint density at radius 2 is 2.33 bits per heavy atom. The van der Waals surface area contributed by atoms with Crippen LogP contribution in [0.25, 0.3) is 0 Å². The molecule has 0 spiro atoms. The van der Waals surface area contributed by atoms with E-state index in [2.05, 4.69) is 0 Å². The van der Waals surface area contributed by atoms with Crippen molar-refractivity contribution in [2.45, 2.75) is 6.23 Å². The number of aliphatic hydroxyl groups excluding tert-OH is 1. The van der Waals surface area contributed by atoms with E-state index < -0.39 is 6.23 Å². The molecule has 62 valence electrons. The maximum absolute atomic E-state index is 9.47. The first-order valence-electron chi connectivity index (χ1n) is 3.73. The molecule has 2 heterocycles. The molecule has 0 saturated heterocycles. The second kappa shape index (κ2) is 2.87. The minimum absolute atomic E-state index is 0.624. The highest BCUT2D eigenvalue weighted by atomic mass is 16.4. The van der Waals surface area contributed by atoms with Gasteiger partial charge < -0.3 is 9.52 Å². The fourth-order valence-electron chi connectivity index (χ4n) is 1.11. The molecule has 0 aromatic carbocycles. The van der Waals surface area contributed by atoms with Gasteiger partial charge in [-0.1, -0.05) is 6.08 Å². The topological polar surface area (TPSA) is 36.6 Å². The fourth-order valence-corrected chi connectivity index (χ4v) is 1.11. The zero-order chi connectivity index (χ0) is 8.39. The van der Waals surface area contributed by atoms with Crippen LogP contribution in [0.15, 0.2) is 47.2 Å². The second-order valence-electron chi connectivity index (χ2n) is 2.50. The van der Waals surface area contributed by atoms with Gasteiger partial charge >= 0.3 is 0 Å². The number of hydrogen-bond acceptors (Lipinski definition) is 3. The Kier molecular flexibility index (Phi) is 1.72. The molecule has 12 heavy (non-hydrogen) atoms. The van der Waals surface area contributed by atoms with Crippen LogP contribution in [-0.2, 0) is 0 Å². The van der Waals surface area contributed by atoms with Crippen LogP contribution < -0.4 is 4.90 Å². The molecule has 0 fully saturated rings. The Bertz CT molecular complexity index is 300. The first kappa shape index (κ1) is 7.18. The van der Waals surface area contributed by atoms with Gasteiger partial charge in [-0.05, 0) is 18.2 Å². The molecule has 1 aromatic heterocycles. The summed E-state index contributed by atoms with van der Waals surface area (Å²) in [6.07, 6.45) is 8.04. The normalized spacial score (nSPS) is 21.8. The van der Waals surface area contributed by atoms with E-state index in [1.165, 1.54) is 0 Å². The number of allylic oxidation sites excluding steroid dienone is 2. The maximum atomic E-state index is 9.47. The average Bonchev–Trinajstić information content (AvgIpc) is 2.57. The van der Waals surface area contributed by atoms with Gasteiger partial charge in [0.05, 0.1) is 6.26 Å². The maximum Gasteiger partial charge on any atom is 0.201 e. The van der Waals surface area contributed by atoms with Crippen LogP contribution in [0.5, 0.6) is 0 Å². The predicted octanol–water partition coefficient (Wildman–Crippen LogP) is 1.49. The monoisotopic (exact) mass is 163 g/mol. The molecule has 0 saturated carbocycles. The highest BCUT2D eigenvalue weighted by Crippen LogP contribution is 2.19. The number of anilines is 1. The third-order valence-electron chi connectivity index (χ3n) is 1.69. The van der Waals surface area contributed by atoms with Crippen molar-refractivity contribution in [3.63, 3.8) is 0 Å². The van der Waals surface area contributed by atoms with Crippen LogP contribution in [0.3, 0.4) is 0 Å². The molecule has 0 radical (unpaired) electrons. The third kappa shape index (κ3) is 1.14. The highest BCUT2D eigenvalue weighted by Gasteiger charge is 2.14. The van der Waals surface area contributed by atoms with Crippen LogP contribution in [-0.4, -0.2) is 11.3 Å². The molecule has 1 aliphatic heterocycles. The van der Waals surface area contributed by atoms with Gasteiger partial charge in [-0.15, -0.1) is 0 Å². The minimum atomic E-state index is -0.624. The summed E-state index contributed by atoms with van der Waals surface area (Å²) in [7, 11) is 0. The van der Waals surface area contributed by atoms with Gasteiger partial charge in [0.1, 0.15) is 0 Å². The first-order chi connectivity index (χ1) is 5.88. The van der Waals surface area contributed by atoms with E-state index in [1.54, 1.807) is 41.6 Å². The fraction of sp³-hybridized carbons (Fsp3) is 0.111. The lowest BCUT2D eigenvalue weighted by Gasteiger charge is -2.22. The third-order valence-corrected chi connectivity index (χ3v) is 1.69. The molecular weight excluding hydrogens is 154 g/mol. The standard InChI is InChI=1S/C9H9NO2/c11-8-4-1-2-6-10(8)9-5-3-7-12-9/h1-8,11H. The summed E-state index contributed by atoms with van der Waals surface area (Å²) in [4.78, 5) is 1.64.